The fourth-order valence-electron chi connectivity index (χ4n) is 0.346. The summed E-state index contributed by atoms with van der Waals surface area (Å²) in [5.74, 6) is 0. The molecule has 0 unspecified atom stereocenters. The molecule has 0 atom stereocenters. The Morgan fingerprint density at radius 2 is 1.80 bits per heavy atom. The smallest absolute Gasteiger partial charge is 0.497 e. The maximum atomic E-state index is 9.67. The lowest BCUT2D eigenvalue weighted by Crippen LogP contribution is -1.82. The molecule has 0 fully saturated rings. The number of allylic oxidation sites excluding steroid dienone is 2. The van der Waals surface area contributed by atoms with Crippen molar-refractivity contribution in [3.63, 3.8) is 0 Å². The van der Waals surface area contributed by atoms with E-state index in [1.807, 2.05) is 18.2 Å². The zero-order valence-electron chi connectivity index (χ0n) is 5.14. The van der Waals surface area contributed by atoms with Crippen LogP contribution in [0.2, 0.25) is 0 Å². The van der Waals surface area contributed by atoms with Gasteiger partial charge in [-0.1, -0.05) is 6.08 Å². The third-order valence-corrected chi connectivity index (χ3v) is 0.614. The molecule has 5 heteroatoms. The molecule has 10 heavy (non-hydrogen) atoms. The van der Waals surface area contributed by atoms with Gasteiger partial charge in [-0.2, -0.15) is 0 Å². The monoisotopic (exact) mass is 150 g/mol. The third kappa shape index (κ3) is 10.2. The van der Waals surface area contributed by atoms with E-state index < -0.39 is 7.54 Å². The van der Waals surface area contributed by atoms with Gasteiger partial charge < -0.3 is 4.74 Å². The van der Waals surface area contributed by atoms with Crippen molar-refractivity contribution in [3.05, 3.63) is 24.5 Å². The minimum Gasteiger partial charge on any atom is -0.497 e. The normalized spacial score (nSPS) is 13.1. The van der Waals surface area contributed by atoms with Crippen LogP contribution in [0.25, 0.3) is 0 Å². The van der Waals surface area contributed by atoms with Crippen molar-refractivity contribution in [3.8, 4) is 0 Å². The Labute approximate surface area is 57.4 Å². The molecule has 0 amide bonds. The molecule has 0 aromatic rings. The van der Waals surface area contributed by atoms with Crippen molar-refractivity contribution < 1.29 is 17.7 Å². The molecule has 1 heterocycles. The topological polar surface area (TPSA) is 9.23 Å². The van der Waals surface area contributed by atoms with Gasteiger partial charge in [0.1, 0.15) is 6.61 Å². The zero-order valence-corrected chi connectivity index (χ0v) is 5.14. The highest BCUT2D eigenvalue weighted by Gasteiger charge is 2.06. The lowest BCUT2D eigenvalue weighted by molar-refractivity contribution is 0.286. The first-order valence-electron chi connectivity index (χ1n) is 2.59. The first-order chi connectivity index (χ1) is 4.73. The van der Waals surface area contributed by atoms with Crippen molar-refractivity contribution in [2.45, 2.75) is 0 Å². The quantitative estimate of drug-likeness (QED) is 0.479. The van der Waals surface area contributed by atoms with Gasteiger partial charge >= 0.3 is 7.54 Å². The van der Waals surface area contributed by atoms with Crippen LogP contribution in [0.15, 0.2) is 24.5 Å². The maximum Gasteiger partial charge on any atom is 0.762 e. The fourth-order valence-corrected chi connectivity index (χ4v) is 0.346. The molecule has 1 rings (SSSR count). The van der Waals surface area contributed by atoms with Crippen LogP contribution < -0.4 is 0 Å². The highest BCUT2D eigenvalue weighted by atomic mass is 19.4. The summed E-state index contributed by atoms with van der Waals surface area (Å²) in [4.78, 5) is 0. The van der Waals surface area contributed by atoms with E-state index in [4.69, 9.17) is 4.74 Å². The first kappa shape index (κ1) is 9.13. The molecule has 0 saturated heterocycles. The maximum absolute atomic E-state index is 9.67. The molecule has 0 saturated carbocycles. The summed E-state index contributed by atoms with van der Waals surface area (Å²) in [5, 5.41) is 0. The predicted octanol–water partition coefficient (Wildman–Crippen LogP) is 1.97. The van der Waals surface area contributed by atoms with Crippen LogP contribution in [0.1, 0.15) is 0 Å². The van der Waals surface area contributed by atoms with Crippen LogP contribution in [-0.2, 0) is 4.74 Å². The standard InChI is InChI=1S/C5H6O.BF3/c1-2-4-6-5-3-1;2-1(3)4/h1-4H,5H2;. The zero-order chi connectivity index (χ0) is 7.82. The molecule has 56 valence electrons. The van der Waals surface area contributed by atoms with Crippen LogP contribution in [0, 0.1) is 0 Å². The molecule has 1 nitrogen and oxygen atoms in total. The van der Waals surface area contributed by atoms with E-state index in [1.54, 1.807) is 6.26 Å². The Balaban J connectivity index is 0.000000180. The van der Waals surface area contributed by atoms with Crippen LogP contribution in [-0.4, -0.2) is 14.2 Å². The largest absolute Gasteiger partial charge is 0.762 e. The third-order valence-electron chi connectivity index (χ3n) is 0.614. The van der Waals surface area contributed by atoms with E-state index in [1.165, 1.54) is 0 Å². The van der Waals surface area contributed by atoms with Crippen molar-refractivity contribution in [1.82, 2.24) is 0 Å². The van der Waals surface area contributed by atoms with Crippen LogP contribution in [0.4, 0.5) is 12.9 Å². The summed E-state index contributed by atoms with van der Waals surface area (Å²) in [5.41, 5.74) is 0. The minimum atomic E-state index is -3.67. The summed E-state index contributed by atoms with van der Waals surface area (Å²) in [6, 6.07) is 0. The summed E-state index contributed by atoms with van der Waals surface area (Å²) in [6.07, 6.45) is 7.47. The van der Waals surface area contributed by atoms with Gasteiger partial charge in [0.25, 0.3) is 0 Å². The van der Waals surface area contributed by atoms with Crippen molar-refractivity contribution in [2.24, 2.45) is 0 Å². The van der Waals surface area contributed by atoms with Gasteiger partial charge in [0, 0.05) is 0 Å². The average Bonchev–Trinajstić information content (AvgIpc) is 1.90. The van der Waals surface area contributed by atoms with Crippen LogP contribution >= 0.6 is 0 Å². The molecule has 0 N–H and O–H groups in total. The van der Waals surface area contributed by atoms with E-state index in [-0.39, 0.29) is 0 Å². The molecule has 0 aromatic carbocycles. The van der Waals surface area contributed by atoms with Gasteiger partial charge in [-0.25, -0.2) is 0 Å². The molecular weight excluding hydrogens is 144 g/mol. The highest BCUT2D eigenvalue weighted by Crippen LogP contribution is 1.87. The van der Waals surface area contributed by atoms with E-state index in [9.17, 15) is 12.9 Å². The first-order valence-corrected chi connectivity index (χ1v) is 2.59. The Bertz CT molecular complexity index is 109. The molecule has 1 aliphatic rings. The van der Waals surface area contributed by atoms with E-state index in [2.05, 4.69) is 0 Å². The predicted molar refractivity (Wildman–Crippen MR) is 33.3 cm³/mol. The minimum absolute atomic E-state index is 0.733. The highest BCUT2D eigenvalue weighted by molar-refractivity contribution is 6.33. The molecule has 0 aromatic heterocycles. The molecule has 1 aliphatic heterocycles. The molecular formula is C5H6BF3O. The van der Waals surface area contributed by atoms with Crippen LogP contribution in [0.5, 0.6) is 0 Å². The van der Waals surface area contributed by atoms with Crippen LogP contribution in [0.3, 0.4) is 0 Å². The van der Waals surface area contributed by atoms with Crippen molar-refractivity contribution in [2.75, 3.05) is 6.61 Å². The second-order valence-electron chi connectivity index (χ2n) is 1.34. The Morgan fingerprint density at radius 3 is 1.90 bits per heavy atom. The van der Waals surface area contributed by atoms with Gasteiger partial charge in [-0.05, 0) is 12.2 Å². The lowest BCUT2D eigenvalue weighted by atomic mass is 10.5. The van der Waals surface area contributed by atoms with Gasteiger partial charge in [0.05, 0.1) is 6.26 Å². The molecule has 0 aliphatic carbocycles. The number of hydrogen-bond donors (Lipinski definition) is 0. The van der Waals surface area contributed by atoms with Crippen molar-refractivity contribution >= 4 is 7.54 Å². The number of hydrogen-bond acceptors (Lipinski definition) is 1. The van der Waals surface area contributed by atoms with Gasteiger partial charge in [-0.15, -0.1) is 0 Å². The SMILES string of the molecule is C1=CCOC=C1.FB(F)F. The molecule has 0 spiro atoms. The van der Waals surface area contributed by atoms with Gasteiger partial charge in [0.2, 0.25) is 0 Å². The average molecular weight is 150 g/mol. The van der Waals surface area contributed by atoms with E-state index in [0.29, 0.717) is 0 Å². The fraction of sp³-hybridized carbons (Fsp3) is 0.200. The summed E-state index contributed by atoms with van der Waals surface area (Å²) >= 11 is 0. The Hall–Kier alpha value is -0.865. The Morgan fingerprint density at radius 1 is 1.20 bits per heavy atom. The Kier molecular flexibility index (Phi) is 5.72. The van der Waals surface area contributed by atoms with E-state index in [0.717, 1.165) is 6.61 Å². The second kappa shape index (κ2) is 6.26. The molecule has 0 radical (unpaired) electrons. The summed E-state index contributed by atoms with van der Waals surface area (Å²) < 4.78 is 33.8. The summed E-state index contributed by atoms with van der Waals surface area (Å²) in [7, 11) is -3.67. The number of rotatable bonds is 0. The number of ether oxygens (including phenoxy) is 1. The van der Waals surface area contributed by atoms with Gasteiger partial charge in [0.15, 0.2) is 0 Å². The second-order valence-corrected chi connectivity index (χ2v) is 1.34. The van der Waals surface area contributed by atoms with Crippen molar-refractivity contribution in [1.29, 1.82) is 0 Å². The van der Waals surface area contributed by atoms with Gasteiger partial charge in [-0.3, -0.25) is 12.9 Å². The van der Waals surface area contributed by atoms with E-state index >= 15 is 0 Å². The summed E-state index contributed by atoms with van der Waals surface area (Å²) in [6.45, 7) is 0.733. The number of halogens is 3. The lowest BCUT2D eigenvalue weighted by Gasteiger charge is -1.94. The molecule has 0 bridgehead atoms.